The van der Waals surface area contributed by atoms with Crippen LogP contribution in [0.25, 0.3) is 0 Å². The van der Waals surface area contributed by atoms with Gasteiger partial charge in [-0.2, -0.15) is 0 Å². The third kappa shape index (κ3) is 12.4. The lowest BCUT2D eigenvalue weighted by molar-refractivity contribution is 0.291. The third-order valence-electron chi connectivity index (χ3n) is 4.46. The van der Waals surface area contributed by atoms with Gasteiger partial charge in [-0.25, -0.2) is 0 Å². The van der Waals surface area contributed by atoms with Crippen molar-refractivity contribution in [3.63, 3.8) is 0 Å². The van der Waals surface area contributed by atoms with Crippen LogP contribution in [0, 0.1) is 5.92 Å². The third-order valence-corrected chi connectivity index (χ3v) is 7.07. The predicted octanol–water partition coefficient (Wildman–Crippen LogP) is 5.85. The van der Waals surface area contributed by atoms with Gasteiger partial charge in [-0.15, -0.1) is 0 Å². The van der Waals surface area contributed by atoms with Crippen LogP contribution in [-0.2, 0) is 4.43 Å². The zero-order valence-corrected chi connectivity index (χ0v) is 17.3. The molecule has 0 unspecified atom stereocenters. The number of rotatable bonds is 14. The summed E-state index contributed by atoms with van der Waals surface area (Å²) < 4.78 is 5.97. The minimum atomic E-state index is -0.368. The Bertz CT molecular complexity index is 207. The Balaban J connectivity index is 3.17. The fourth-order valence-electron chi connectivity index (χ4n) is 2.04. The Labute approximate surface area is 138 Å². The molecule has 122 valence electrons. The molecular weight excluding hydrogens is 328 g/mol. The molecule has 0 N–H and O–H groups in total. The predicted molar refractivity (Wildman–Crippen MR) is 98.7 cm³/mol. The van der Waals surface area contributed by atoms with Gasteiger partial charge in [-0.3, -0.25) is 0 Å². The molecule has 0 saturated heterocycles. The Kier molecular flexibility index (Phi) is 13.8. The van der Waals surface area contributed by atoms with Crippen LogP contribution in [0.4, 0.5) is 0 Å². The number of halogens is 1. The van der Waals surface area contributed by atoms with E-state index in [4.69, 9.17) is 4.43 Å². The molecule has 0 saturated carbocycles. The number of unbranched alkanes of at least 4 members (excludes halogenated alkanes) is 8. The molecule has 0 fully saturated rings. The van der Waals surface area contributed by atoms with Gasteiger partial charge in [0.05, 0.1) is 0 Å². The molecular formula is C17H37BrOSi. The summed E-state index contributed by atoms with van der Waals surface area (Å²) in [6, 6.07) is 0. The average molecular weight is 365 g/mol. The van der Waals surface area contributed by atoms with E-state index in [-0.39, 0.29) is 9.76 Å². The van der Waals surface area contributed by atoms with Crippen molar-refractivity contribution in [1.82, 2.24) is 0 Å². The minimum absolute atomic E-state index is 0.368. The molecule has 0 amide bonds. The maximum absolute atomic E-state index is 5.97. The minimum Gasteiger partial charge on any atom is -0.423 e. The Morgan fingerprint density at radius 3 is 1.75 bits per heavy atom. The van der Waals surface area contributed by atoms with E-state index in [0.717, 1.165) is 12.5 Å². The summed E-state index contributed by atoms with van der Waals surface area (Å²) in [5.74, 6) is 0.749. The maximum atomic E-state index is 5.97. The van der Waals surface area contributed by atoms with E-state index in [1.54, 1.807) is 0 Å². The molecule has 0 rings (SSSR count). The van der Waals surface area contributed by atoms with Gasteiger partial charge in [0, 0.05) is 11.9 Å². The first-order valence-corrected chi connectivity index (χ1v) is 11.0. The Hall–Kier alpha value is 0.657. The first-order chi connectivity index (χ1) is 9.50. The molecule has 0 heterocycles. The van der Waals surface area contributed by atoms with Crippen LogP contribution < -0.4 is 0 Å². The molecule has 0 atom stereocenters. The van der Waals surface area contributed by atoms with Crippen molar-refractivity contribution >= 4 is 25.7 Å². The van der Waals surface area contributed by atoms with Gasteiger partial charge in [-0.05, 0) is 23.8 Å². The summed E-state index contributed by atoms with van der Waals surface area (Å²) in [6.07, 6.45) is 12.5. The van der Waals surface area contributed by atoms with Gasteiger partial charge < -0.3 is 4.43 Å². The molecule has 1 nitrogen and oxygen atoms in total. The molecule has 0 spiro atoms. The van der Waals surface area contributed by atoms with E-state index >= 15 is 0 Å². The van der Waals surface area contributed by atoms with E-state index in [1.807, 2.05) is 0 Å². The Morgan fingerprint density at radius 2 is 1.30 bits per heavy atom. The second-order valence-electron chi connectivity index (χ2n) is 7.07. The highest BCUT2D eigenvalue weighted by Crippen LogP contribution is 2.32. The van der Waals surface area contributed by atoms with Crippen LogP contribution in [0.15, 0.2) is 0 Å². The lowest BCUT2D eigenvalue weighted by Crippen LogP contribution is -2.22. The number of alkyl halides is 1. The first kappa shape index (κ1) is 20.7. The molecule has 0 aliphatic rings. The van der Waals surface area contributed by atoms with Gasteiger partial charge >= 0.3 is 0 Å². The number of hydrogen-bond acceptors (Lipinski definition) is 1. The topological polar surface area (TPSA) is 9.23 Å². The van der Waals surface area contributed by atoms with Crippen molar-refractivity contribution in [2.24, 2.45) is 5.92 Å². The number of hydrogen-bond donors (Lipinski definition) is 0. The zero-order valence-electron chi connectivity index (χ0n) is 14.3. The van der Waals surface area contributed by atoms with Gasteiger partial charge in [-0.1, -0.05) is 88.6 Å². The highest BCUT2D eigenvalue weighted by atomic mass is 79.9. The summed E-state index contributed by atoms with van der Waals surface area (Å²) in [4.78, 5) is 0. The van der Waals surface area contributed by atoms with Crippen molar-refractivity contribution < 1.29 is 4.43 Å². The second kappa shape index (κ2) is 13.3. The molecule has 0 radical (unpaired) electrons. The fourth-order valence-corrected chi connectivity index (χ4v) is 3.64. The summed E-state index contributed by atoms with van der Waals surface area (Å²) in [5, 5.41) is 1.62. The van der Waals surface area contributed by atoms with Crippen LogP contribution in [0.2, 0.25) is 5.04 Å². The maximum Gasteiger partial charge on any atom is 0.167 e. The molecule has 0 bridgehead atoms. The standard InChI is InChI=1S/C17H37BrOSi/c1-16(2)17(3,4)20-19-15-13-11-9-7-5-6-8-10-12-14-18/h16H,5-15,20H2,1-4H3. The molecule has 0 aromatic rings. The largest absolute Gasteiger partial charge is 0.423 e. The highest BCUT2D eigenvalue weighted by Gasteiger charge is 2.23. The summed E-state index contributed by atoms with van der Waals surface area (Å²) in [5.41, 5.74) is 0. The van der Waals surface area contributed by atoms with Crippen molar-refractivity contribution in [2.75, 3.05) is 11.9 Å². The van der Waals surface area contributed by atoms with Crippen molar-refractivity contribution in [2.45, 2.75) is 90.5 Å². The summed E-state index contributed by atoms with van der Waals surface area (Å²) in [7, 11) is -0.368. The quantitative estimate of drug-likeness (QED) is 0.213. The lowest BCUT2D eigenvalue weighted by Gasteiger charge is -2.28. The van der Waals surface area contributed by atoms with Gasteiger partial charge in [0.1, 0.15) is 0 Å². The Morgan fingerprint density at radius 1 is 0.850 bits per heavy atom. The van der Waals surface area contributed by atoms with E-state index < -0.39 is 0 Å². The zero-order chi connectivity index (χ0) is 15.3. The molecule has 20 heavy (non-hydrogen) atoms. The van der Waals surface area contributed by atoms with Gasteiger partial charge in [0.15, 0.2) is 9.76 Å². The van der Waals surface area contributed by atoms with Crippen LogP contribution in [-0.4, -0.2) is 21.7 Å². The van der Waals surface area contributed by atoms with Crippen LogP contribution >= 0.6 is 15.9 Å². The van der Waals surface area contributed by atoms with E-state index in [9.17, 15) is 0 Å². The molecule has 0 aromatic carbocycles. The van der Waals surface area contributed by atoms with Crippen LogP contribution in [0.5, 0.6) is 0 Å². The van der Waals surface area contributed by atoms with E-state index in [1.165, 1.54) is 63.1 Å². The molecule has 0 aliphatic heterocycles. The smallest absolute Gasteiger partial charge is 0.167 e. The summed E-state index contributed by atoms with van der Waals surface area (Å²) in [6.45, 7) is 10.4. The fraction of sp³-hybridized carbons (Fsp3) is 1.00. The van der Waals surface area contributed by atoms with Crippen molar-refractivity contribution in [1.29, 1.82) is 0 Å². The first-order valence-electron chi connectivity index (χ1n) is 8.64. The molecule has 0 aliphatic carbocycles. The SMILES string of the molecule is CC(C)C(C)(C)[SiH2]OCCCCCCCCCCCBr. The average Bonchev–Trinajstić information content (AvgIpc) is 2.39. The van der Waals surface area contributed by atoms with E-state index in [0.29, 0.717) is 5.04 Å². The van der Waals surface area contributed by atoms with Crippen molar-refractivity contribution in [3.05, 3.63) is 0 Å². The van der Waals surface area contributed by atoms with E-state index in [2.05, 4.69) is 43.6 Å². The van der Waals surface area contributed by atoms with Crippen molar-refractivity contribution in [3.8, 4) is 0 Å². The normalized spacial score (nSPS) is 12.9. The van der Waals surface area contributed by atoms with Crippen LogP contribution in [0.3, 0.4) is 0 Å². The second-order valence-corrected chi connectivity index (χ2v) is 10.4. The summed E-state index contributed by atoms with van der Waals surface area (Å²) >= 11 is 3.48. The monoisotopic (exact) mass is 364 g/mol. The highest BCUT2D eigenvalue weighted by molar-refractivity contribution is 9.09. The lowest BCUT2D eigenvalue weighted by atomic mass is 9.99. The van der Waals surface area contributed by atoms with Crippen LogP contribution in [0.1, 0.15) is 85.5 Å². The molecule has 0 aromatic heterocycles. The van der Waals surface area contributed by atoms with Gasteiger partial charge in [0.25, 0.3) is 0 Å². The van der Waals surface area contributed by atoms with Gasteiger partial charge in [0.2, 0.25) is 0 Å². The molecule has 3 heteroatoms.